The van der Waals surface area contributed by atoms with Crippen LogP contribution < -0.4 is 4.74 Å². The molecule has 0 aliphatic carbocycles. The van der Waals surface area contributed by atoms with Crippen LogP contribution in [0.5, 0.6) is 5.75 Å². The number of rotatable bonds is 4. The average molecular weight is 327 g/mol. The first kappa shape index (κ1) is 16.4. The molecular formula is C18H21N3O3. The van der Waals surface area contributed by atoms with Gasteiger partial charge in [0, 0.05) is 12.7 Å². The molecule has 24 heavy (non-hydrogen) atoms. The zero-order valence-electron chi connectivity index (χ0n) is 13.9. The van der Waals surface area contributed by atoms with Gasteiger partial charge in [-0.3, -0.25) is 4.79 Å². The fourth-order valence-corrected chi connectivity index (χ4v) is 2.85. The van der Waals surface area contributed by atoms with Crippen LogP contribution in [0.4, 0.5) is 0 Å². The van der Waals surface area contributed by atoms with Gasteiger partial charge in [-0.05, 0) is 31.9 Å². The van der Waals surface area contributed by atoms with E-state index in [9.17, 15) is 9.90 Å². The SMILES string of the molecule is Cc1ccccc1OC[C@@]1(O)CCN(C(=O)c2cncnc2C)C1. The molecule has 1 aromatic carbocycles. The molecule has 1 amide bonds. The summed E-state index contributed by atoms with van der Waals surface area (Å²) in [5.74, 6) is 0.600. The van der Waals surface area contributed by atoms with Gasteiger partial charge in [0.15, 0.2) is 0 Å². The number of aromatic nitrogens is 2. The molecule has 6 heteroatoms. The zero-order chi connectivity index (χ0) is 17.2. The van der Waals surface area contributed by atoms with E-state index >= 15 is 0 Å². The van der Waals surface area contributed by atoms with Gasteiger partial charge in [0.05, 0.1) is 17.8 Å². The highest BCUT2D eigenvalue weighted by Crippen LogP contribution is 2.25. The van der Waals surface area contributed by atoms with Gasteiger partial charge in [-0.25, -0.2) is 9.97 Å². The number of hydrogen-bond acceptors (Lipinski definition) is 5. The maximum absolute atomic E-state index is 12.6. The van der Waals surface area contributed by atoms with Gasteiger partial charge < -0.3 is 14.7 Å². The van der Waals surface area contributed by atoms with Gasteiger partial charge in [-0.2, -0.15) is 0 Å². The number of amides is 1. The van der Waals surface area contributed by atoms with Gasteiger partial charge in [0.1, 0.15) is 24.3 Å². The summed E-state index contributed by atoms with van der Waals surface area (Å²) in [7, 11) is 0. The molecule has 1 saturated heterocycles. The number of aliphatic hydroxyl groups is 1. The van der Waals surface area contributed by atoms with Gasteiger partial charge >= 0.3 is 0 Å². The number of para-hydroxylation sites is 1. The van der Waals surface area contributed by atoms with E-state index in [-0.39, 0.29) is 19.1 Å². The number of likely N-dealkylation sites (tertiary alicyclic amines) is 1. The van der Waals surface area contributed by atoms with E-state index < -0.39 is 5.60 Å². The number of aryl methyl sites for hydroxylation is 2. The van der Waals surface area contributed by atoms with Crippen LogP contribution in [0, 0.1) is 13.8 Å². The van der Waals surface area contributed by atoms with Crippen molar-refractivity contribution in [3.05, 3.63) is 53.6 Å². The highest BCUT2D eigenvalue weighted by Gasteiger charge is 2.39. The molecule has 0 saturated carbocycles. The monoisotopic (exact) mass is 327 g/mol. The van der Waals surface area contributed by atoms with Crippen molar-refractivity contribution in [2.24, 2.45) is 0 Å². The predicted octanol–water partition coefficient (Wildman–Crippen LogP) is 1.75. The van der Waals surface area contributed by atoms with Crippen molar-refractivity contribution in [2.75, 3.05) is 19.7 Å². The fraction of sp³-hybridized carbons (Fsp3) is 0.389. The molecule has 0 radical (unpaired) electrons. The molecule has 0 bridgehead atoms. The minimum Gasteiger partial charge on any atom is -0.490 e. The summed E-state index contributed by atoms with van der Waals surface area (Å²) >= 11 is 0. The molecule has 1 aliphatic rings. The molecule has 2 aromatic rings. The standard InChI is InChI=1S/C18H21N3O3/c1-13-5-3-4-6-16(13)24-11-18(23)7-8-21(10-18)17(22)15-9-19-12-20-14(15)2/h3-6,9,12,23H,7-8,10-11H2,1-2H3/t18-/m1/s1. The van der Waals surface area contributed by atoms with E-state index in [2.05, 4.69) is 9.97 Å². The van der Waals surface area contributed by atoms with Crippen LogP contribution in [0.3, 0.4) is 0 Å². The van der Waals surface area contributed by atoms with E-state index in [1.165, 1.54) is 12.5 Å². The lowest BCUT2D eigenvalue weighted by Gasteiger charge is -2.24. The van der Waals surface area contributed by atoms with E-state index in [1.54, 1.807) is 11.8 Å². The van der Waals surface area contributed by atoms with Crippen molar-refractivity contribution in [1.29, 1.82) is 0 Å². The molecule has 1 N–H and O–H groups in total. The van der Waals surface area contributed by atoms with Crippen LogP contribution in [-0.2, 0) is 0 Å². The second-order valence-corrected chi connectivity index (χ2v) is 6.28. The Kier molecular flexibility index (Phi) is 4.49. The third-order valence-corrected chi connectivity index (χ3v) is 4.35. The first-order valence-corrected chi connectivity index (χ1v) is 7.95. The van der Waals surface area contributed by atoms with Crippen molar-refractivity contribution in [3.8, 4) is 5.75 Å². The van der Waals surface area contributed by atoms with Crippen molar-refractivity contribution in [2.45, 2.75) is 25.9 Å². The molecule has 0 spiro atoms. The van der Waals surface area contributed by atoms with Crippen LogP contribution in [-0.4, -0.2) is 51.2 Å². The van der Waals surface area contributed by atoms with Crippen LogP contribution in [0.25, 0.3) is 0 Å². The van der Waals surface area contributed by atoms with Crippen LogP contribution in [0.15, 0.2) is 36.8 Å². The Morgan fingerprint density at radius 3 is 2.92 bits per heavy atom. The second kappa shape index (κ2) is 6.57. The lowest BCUT2D eigenvalue weighted by molar-refractivity contribution is 0.00411. The summed E-state index contributed by atoms with van der Waals surface area (Å²) in [4.78, 5) is 22.2. The molecule has 3 rings (SSSR count). The summed E-state index contributed by atoms with van der Waals surface area (Å²) < 4.78 is 5.77. The Morgan fingerprint density at radius 1 is 1.38 bits per heavy atom. The molecule has 1 aromatic heterocycles. The van der Waals surface area contributed by atoms with Gasteiger partial charge in [-0.15, -0.1) is 0 Å². The maximum Gasteiger partial charge on any atom is 0.257 e. The molecule has 1 atom stereocenters. The van der Waals surface area contributed by atoms with Crippen molar-refractivity contribution in [3.63, 3.8) is 0 Å². The number of carbonyl (C=O) groups is 1. The Bertz CT molecular complexity index is 750. The Balaban J connectivity index is 1.65. The molecule has 1 aliphatic heterocycles. The van der Waals surface area contributed by atoms with Gasteiger partial charge in [-0.1, -0.05) is 18.2 Å². The number of β-amino-alcohol motifs (C(OH)–C–C–N with tert-alkyl or cyclic N) is 1. The average Bonchev–Trinajstić information content (AvgIpc) is 2.97. The molecule has 1 fully saturated rings. The smallest absolute Gasteiger partial charge is 0.257 e. The van der Waals surface area contributed by atoms with Crippen LogP contribution in [0.1, 0.15) is 28.0 Å². The van der Waals surface area contributed by atoms with Crippen LogP contribution in [0.2, 0.25) is 0 Å². The fourth-order valence-electron chi connectivity index (χ4n) is 2.85. The van der Waals surface area contributed by atoms with E-state index in [0.717, 1.165) is 11.3 Å². The Hall–Kier alpha value is -2.47. The molecule has 0 unspecified atom stereocenters. The topological polar surface area (TPSA) is 75.6 Å². The maximum atomic E-state index is 12.6. The third-order valence-electron chi connectivity index (χ3n) is 4.35. The van der Waals surface area contributed by atoms with Crippen molar-refractivity contribution in [1.82, 2.24) is 14.9 Å². The summed E-state index contributed by atoms with van der Waals surface area (Å²) in [5.41, 5.74) is 1.09. The first-order valence-electron chi connectivity index (χ1n) is 7.95. The second-order valence-electron chi connectivity index (χ2n) is 6.28. The summed E-state index contributed by atoms with van der Waals surface area (Å²) in [5, 5.41) is 10.7. The highest BCUT2D eigenvalue weighted by atomic mass is 16.5. The molecular weight excluding hydrogens is 306 g/mol. The largest absolute Gasteiger partial charge is 0.490 e. The third kappa shape index (κ3) is 3.38. The summed E-state index contributed by atoms with van der Waals surface area (Å²) in [6.07, 6.45) is 3.42. The number of benzene rings is 1. The summed E-state index contributed by atoms with van der Waals surface area (Å²) in [6, 6.07) is 7.68. The lowest BCUT2D eigenvalue weighted by atomic mass is 10.1. The minimum absolute atomic E-state index is 0.153. The minimum atomic E-state index is -1.04. The molecule has 6 nitrogen and oxygen atoms in total. The molecule has 2 heterocycles. The summed E-state index contributed by atoms with van der Waals surface area (Å²) in [6.45, 7) is 4.62. The zero-order valence-corrected chi connectivity index (χ0v) is 13.9. The van der Waals surface area contributed by atoms with Crippen LogP contribution >= 0.6 is 0 Å². The first-order chi connectivity index (χ1) is 11.5. The quantitative estimate of drug-likeness (QED) is 0.926. The van der Waals surface area contributed by atoms with E-state index in [0.29, 0.717) is 24.2 Å². The Labute approximate surface area is 141 Å². The number of ether oxygens (including phenoxy) is 1. The van der Waals surface area contributed by atoms with Crippen molar-refractivity contribution >= 4 is 5.91 Å². The van der Waals surface area contributed by atoms with E-state index in [4.69, 9.17) is 4.74 Å². The van der Waals surface area contributed by atoms with Gasteiger partial charge in [0.2, 0.25) is 0 Å². The Morgan fingerprint density at radius 2 is 2.17 bits per heavy atom. The molecule has 126 valence electrons. The van der Waals surface area contributed by atoms with E-state index in [1.807, 2.05) is 31.2 Å². The van der Waals surface area contributed by atoms with Crippen molar-refractivity contribution < 1.29 is 14.6 Å². The normalized spacial score (nSPS) is 20.2. The number of nitrogens with zero attached hydrogens (tertiary/aromatic N) is 3. The number of hydrogen-bond donors (Lipinski definition) is 1. The van der Waals surface area contributed by atoms with Gasteiger partial charge in [0.25, 0.3) is 5.91 Å². The lowest BCUT2D eigenvalue weighted by Crippen LogP contribution is -2.41. The number of carbonyl (C=O) groups excluding carboxylic acids is 1. The highest BCUT2D eigenvalue weighted by molar-refractivity contribution is 5.95. The predicted molar refractivity (Wildman–Crippen MR) is 88.9 cm³/mol.